The monoisotopic (exact) mass is 312 g/mol. The van der Waals surface area contributed by atoms with E-state index in [0.717, 1.165) is 42.7 Å². The van der Waals surface area contributed by atoms with Crippen LogP contribution in [0.15, 0.2) is 54.4 Å². The number of allylic oxidation sites excluding steroid dienone is 1. The third-order valence-electron chi connectivity index (χ3n) is 3.67. The van der Waals surface area contributed by atoms with Crippen molar-refractivity contribution in [1.82, 2.24) is 0 Å². The molecule has 0 aliphatic rings. The van der Waals surface area contributed by atoms with E-state index in [0.29, 0.717) is 6.42 Å². The van der Waals surface area contributed by atoms with Crippen LogP contribution >= 0.6 is 0 Å². The molecule has 0 radical (unpaired) electrons. The zero-order valence-corrected chi connectivity index (χ0v) is 14.0. The Morgan fingerprint density at radius 3 is 2.09 bits per heavy atom. The van der Waals surface area contributed by atoms with Crippen LogP contribution in [-0.4, -0.2) is 0 Å². The highest BCUT2D eigenvalue weighted by Crippen LogP contribution is 2.23. The first-order chi connectivity index (χ1) is 11.2. The topological polar surface area (TPSA) is 9.23 Å². The molecule has 1 nitrogen and oxygen atoms in total. The van der Waals surface area contributed by atoms with Gasteiger partial charge in [-0.1, -0.05) is 51.0 Å². The smallest absolute Gasteiger partial charge is 0.127 e. The van der Waals surface area contributed by atoms with E-state index in [1.165, 1.54) is 5.56 Å². The van der Waals surface area contributed by atoms with Crippen LogP contribution in [0.25, 0.3) is 6.08 Å². The standard InChI is InChI=1S/C21H25FO/c1-3-5-7-19(22)16-18-10-14-21(15-11-18)23-20-12-8-17(6-4-2)9-13-20/h8-16H,3-7H2,1-2H3/b19-16+. The largest absolute Gasteiger partial charge is 0.457 e. The summed E-state index contributed by atoms with van der Waals surface area (Å²) in [4.78, 5) is 0. The second-order valence-electron chi connectivity index (χ2n) is 5.76. The van der Waals surface area contributed by atoms with Gasteiger partial charge in [-0.05, 0) is 60.7 Å². The van der Waals surface area contributed by atoms with E-state index >= 15 is 0 Å². The van der Waals surface area contributed by atoms with E-state index in [9.17, 15) is 4.39 Å². The Labute approximate surface area is 138 Å². The van der Waals surface area contributed by atoms with E-state index in [2.05, 4.69) is 26.0 Å². The Bertz CT molecular complexity index is 611. The summed E-state index contributed by atoms with van der Waals surface area (Å²) in [5.74, 6) is 1.52. The van der Waals surface area contributed by atoms with Crippen LogP contribution < -0.4 is 4.74 Å². The number of rotatable bonds is 8. The van der Waals surface area contributed by atoms with Crippen molar-refractivity contribution in [1.29, 1.82) is 0 Å². The summed E-state index contributed by atoms with van der Waals surface area (Å²) in [6.07, 6.45) is 6.23. The lowest BCUT2D eigenvalue weighted by molar-refractivity contribution is 0.482. The Hall–Kier alpha value is -2.09. The maximum atomic E-state index is 13.7. The molecule has 122 valence electrons. The molecule has 0 aromatic heterocycles. The van der Waals surface area contributed by atoms with Gasteiger partial charge in [0.2, 0.25) is 0 Å². The minimum absolute atomic E-state index is 0.0629. The molecule has 0 fully saturated rings. The van der Waals surface area contributed by atoms with E-state index in [4.69, 9.17) is 4.74 Å². The maximum absolute atomic E-state index is 13.7. The molecule has 0 spiro atoms. The molecule has 23 heavy (non-hydrogen) atoms. The second-order valence-corrected chi connectivity index (χ2v) is 5.76. The quantitative estimate of drug-likeness (QED) is 0.513. The molecule has 2 aromatic rings. The number of ether oxygens (including phenoxy) is 1. The van der Waals surface area contributed by atoms with Crippen LogP contribution in [-0.2, 0) is 6.42 Å². The number of hydrogen-bond acceptors (Lipinski definition) is 1. The first-order valence-corrected chi connectivity index (χ1v) is 8.44. The molecule has 0 bridgehead atoms. The molecule has 0 heterocycles. The third kappa shape index (κ3) is 5.90. The van der Waals surface area contributed by atoms with Gasteiger partial charge in [0.15, 0.2) is 0 Å². The summed E-state index contributed by atoms with van der Waals surface area (Å²) in [6, 6.07) is 15.7. The van der Waals surface area contributed by atoms with Crippen molar-refractivity contribution >= 4 is 6.08 Å². The molecule has 2 rings (SSSR count). The molecule has 0 saturated carbocycles. The number of aryl methyl sites for hydroxylation is 1. The third-order valence-corrected chi connectivity index (χ3v) is 3.67. The molecule has 0 aliphatic carbocycles. The Morgan fingerprint density at radius 2 is 1.52 bits per heavy atom. The molecule has 0 N–H and O–H groups in total. The van der Waals surface area contributed by atoms with Gasteiger partial charge < -0.3 is 4.74 Å². The van der Waals surface area contributed by atoms with Crippen LogP contribution in [0.5, 0.6) is 11.5 Å². The molecule has 0 unspecified atom stereocenters. The summed E-state index contributed by atoms with van der Waals surface area (Å²) in [5.41, 5.74) is 2.19. The highest BCUT2D eigenvalue weighted by Gasteiger charge is 2.00. The normalized spacial score (nSPS) is 11.5. The molecular formula is C21H25FO. The van der Waals surface area contributed by atoms with Gasteiger partial charge in [0.05, 0.1) is 0 Å². The van der Waals surface area contributed by atoms with Gasteiger partial charge in [0, 0.05) is 0 Å². The molecule has 0 atom stereocenters. The van der Waals surface area contributed by atoms with Crippen molar-refractivity contribution in [2.24, 2.45) is 0 Å². The lowest BCUT2D eigenvalue weighted by Gasteiger charge is -2.07. The fraction of sp³-hybridized carbons (Fsp3) is 0.333. The van der Waals surface area contributed by atoms with Crippen LogP contribution in [0.3, 0.4) is 0 Å². The van der Waals surface area contributed by atoms with Crippen molar-refractivity contribution in [2.45, 2.75) is 46.0 Å². The average Bonchev–Trinajstić information content (AvgIpc) is 2.57. The van der Waals surface area contributed by atoms with Gasteiger partial charge in [0.25, 0.3) is 0 Å². The van der Waals surface area contributed by atoms with Gasteiger partial charge in [0.1, 0.15) is 17.3 Å². The Kier molecular flexibility index (Phi) is 6.86. The van der Waals surface area contributed by atoms with Gasteiger partial charge in [-0.3, -0.25) is 0 Å². The fourth-order valence-electron chi connectivity index (χ4n) is 2.38. The van der Waals surface area contributed by atoms with Crippen molar-refractivity contribution in [3.8, 4) is 11.5 Å². The number of hydrogen-bond donors (Lipinski definition) is 0. The summed E-state index contributed by atoms with van der Waals surface area (Å²) >= 11 is 0. The van der Waals surface area contributed by atoms with Crippen molar-refractivity contribution < 1.29 is 9.13 Å². The minimum atomic E-state index is -0.0629. The minimum Gasteiger partial charge on any atom is -0.457 e. The van der Waals surface area contributed by atoms with Crippen LogP contribution in [0.2, 0.25) is 0 Å². The first kappa shape index (κ1) is 17.3. The summed E-state index contributed by atoms with van der Waals surface area (Å²) in [5, 5.41) is 0. The molecule has 0 amide bonds. The first-order valence-electron chi connectivity index (χ1n) is 8.44. The van der Waals surface area contributed by atoms with Crippen molar-refractivity contribution in [3.63, 3.8) is 0 Å². The Balaban J connectivity index is 1.96. The van der Waals surface area contributed by atoms with Gasteiger partial charge in [-0.25, -0.2) is 4.39 Å². The summed E-state index contributed by atoms with van der Waals surface area (Å²) in [6.45, 7) is 4.24. The molecule has 0 saturated heterocycles. The van der Waals surface area contributed by atoms with Gasteiger partial charge in [-0.2, -0.15) is 0 Å². The van der Waals surface area contributed by atoms with Gasteiger partial charge in [-0.15, -0.1) is 0 Å². The second kappa shape index (κ2) is 9.14. The van der Waals surface area contributed by atoms with Crippen LogP contribution in [0.1, 0.15) is 50.7 Å². The number of benzene rings is 2. The fourth-order valence-corrected chi connectivity index (χ4v) is 2.38. The summed E-state index contributed by atoms with van der Waals surface area (Å²) < 4.78 is 19.5. The molecule has 0 aliphatic heterocycles. The molecule has 2 heteroatoms. The zero-order chi connectivity index (χ0) is 16.5. The maximum Gasteiger partial charge on any atom is 0.127 e. The predicted molar refractivity (Wildman–Crippen MR) is 95.6 cm³/mol. The lowest BCUT2D eigenvalue weighted by atomic mass is 10.1. The molecule has 2 aromatic carbocycles. The summed E-state index contributed by atoms with van der Waals surface area (Å²) in [7, 11) is 0. The SMILES string of the molecule is CCCC/C(F)=C\c1ccc(Oc2ccc(CCC)cc2)cc1. The van der Waals surface area contributed by atoms with E-state index < -0.39 is 0 Å². The highest BCUT2D eigenvalue weighted by molar-refractivity contribution is 5.52. The highest BCUT2D eigenvalue weighted by atomic mass is 19.1. The predicted octanol–water partition coefficient (Wildman–Crippen LogP) is 6.93. The van der Waals surface area contributed by atoms with Crippen LogP contribution in [0.4, 0.5) is 4.39 Å². The van der Waals surface area contributed by atoms with E-state index in [-0.39, 0.29) is 5.83 Å². The van der Waals surface area contributed by atoms with Crippen LogP contribution in [0, 0.1) is 0 Å². The van der Waals surface area contributed by atoms with E-state index in [1.54, 1.807) is 6.08 Å². The zero-order valence-electron chi connectivity index (χ0n) is 14.0. The van der Waals surface area contributed by atoms with Gasteiger partial charge >= 0.3 is 0 Å². The Morgan fingerprint density at radius 1 is 0.913 bits per heavy atom. The average molecular weight is 312 g/mol. The number of halogens is 1. The lowest BCUT2D eigenvalue weighted by Crippen LogP contribution is -1.86. The molecular weight excluding hydrogens is 287 g/mol. The number of unbranched alkanes of at least 4 members (excludes halogenated alkanes) is 1. The van der Waals surface area contributed by atoms with Crippen molar-refractivity contribution in [2.75, 3.05) is 0 Å². The van der Waals surface area contributed by atoms with Crippen molar-refractivity contribution in [3.05, 3.63) is 65.5 Å². The van der Waals surface area contributed by atoms with E-state index in [1.807, 2.05) is 36.4 Å².